The fourth-order valence-corrected chi connectivity index (χ4v) is 5.19. The van der Waals surface area contributed by atoms with Gasteiger partial charge in [0, 0.05) is 10.9 Å². The fraction of sp³-hybridized carbons (Fsp3) is 0.355. The number of fused-ring (bicyclic) bond motifs is 1. The molecule has 0 saturated heterocycles. The van der Waals surface area contributed by atoms with Crippen molar-refractivity contribution in [3.05, 3.63) is 90.3 Å². The lowest BCUT2D eigenvalue weighted by atomic mass is 9.78. The lowest BCUT2D eigenvalue weighted by molar-refractivity contribution is 0.254. The van der Waals surface area contributed by atoms with Crippen molar-refractivity contribution in [3.8, 4) is 11.1 Å². The Morgan fingerprint density at radius 2 is 1.62 bits per heavy atom. The smallest absolute Gasteiger partial charge is 0.138 e. The zero-order valence-corrected chi connectivity index (χ0v) is 19.3. The summed E-state index contributed by atoms with van der Waals surface area (Å²) in [7, 11) is 0. The van der Waals surface area contributed by atoms with Crippen LogP contribution in [0.3, 0.4) is 0 Å². The molecule has 1 fully saturated rings. The van der Waals surface area contributed by atoms with Gasteiger partial charge in [-0.3, -0.25) is 0 Å². The van der Waals surface area contributed by atoms with Gasteiger partial charge < -0.3 is 0 Å². The Morgan fingerprint density at radius 1 is 0.906 bits per heavy atom. The summed E-state index contributed by atoms with van der Waals surface area (Å²) in [6.45, 7) is 5.91. The maximum atomic E-state index is 15.2. The first kappa shape index (κ1) is 22.5. The van der Waals surface area contributed by atoms with Gasteiger partial charge in [-0.05, 0) is 72.6 Å². The highest BCUT2D eigenvalue weighted by molar-refractivity contribution is 5.89. The number of hydrogen-bond donors (Lipinski definition) is 0. The Labute approximate surface area is 192 Å². The molecule has 0 unspecified atom stereocenters. The molecule has 0 N–H and O–H groups in total. The average molecular weight is 427 g/mol. The van der Waals surface area contributed by atoms with Crippen molar-refractivity contribution >= 4 is 16.8 Å². The molecule has 3 aromatic rings. The number of rotatable bonds is 8. The fourth-order valence-electron chi connectivity index (χ4n) is 5.19. The Bertz CT molecular complexity index is 1070. The molecule has 3 aromatic carbocycles. The van der Waals surface area contributed by atoms with E-state index in [4.69, 9.17) is 0 Å². The van der Waals surface area contributed by atoms with Crippen molar-refractivity contribution in [1.29, 1.82) is 0 Å². The molecule has 0 amide bonds. The number of aryl methyl sites for hydroxylation is 1. The van der Waals surface area contributed by atoms with E-state index >= 15 is 4.39 Å². The molecule has 1 aliphatic carbocycles. The number of halogens is 1. The summed E-state index contributed by atoms with van der Waals surface area (Å²) in [6, 6.07) is 18.2. The number of hydrogen-bond acceptors (Lipinski definition) is 0. The molecule has 0 heterocycles. The van der Waals surface area contributed by atoms with Gasteiger partial charge in [-0.2, -0.15) is 0 Å². The van der Waals surface area contributed by atoms with Crippen molar-refractivity contribution in [1.82, 2.24) is 0 Å². The predicted molar refractivity (Wildman–Crippen MR) is 137 cm³/mol. The van der Waals surface area contributed by atoms with E-state index in [0.29, 0.717) is 10.9 Å². The lowest BCUT2D eigenvalue weighted by Gasteiger charge is -2.28. The highest BCUT2D eigenvalue weighted by Crippen LogP contribution is 2.34. The maximum Gasteiger partial charge on any atom is 0.138 e. The summed E-state index contributed by atoms with van der Waals surface area (Å²) in [5.74, 6) is 1.66. The third kappa shape index (κ3) is 5.38. The zero-order valence-electron chi connectivity index (χ0n) is 19.3. The van der Waals surface area contributed by atoms with E-state index in [2.05, 4.69) is 49.9 Å². The molecule has 1 aliphatic rings. The highest BCUT2D eigenvalue weighted by atomic mass is 19.1. The van der Waals surface area contributed by atoms with Crippen molar-refractivity contribution in [3.63, 3.8) is 0 Å². The lowest BCUT2D eigenvalue weighted by Crippen LogP contribution is -2.15. The van der Waals surface area contributed by atoms with Crippen LogP contribution in [0.1, 0.15) is 63.0 Å². The summed E-state index contributed by atoms with van der Waals surface area (Å²) in [5.41, 5.74) is 3.99. The van der Waals surface area contributed by atoms with E-state index < -0.39 is 0 Å². The molecule has 0 spiro atoms. The number of allylic oxidation sites excluding steroid dienone is 2. The third-order valence-electron chi connectivity index (χ3n) is 7.26. The van der Waals surface area contributed by atoms with Crippen molar-refractivity contribution < 1.29 is 4.39 Å². The molecule has 1 heteroatoms. The van der Waals surface area contributed by atoms with Gasteiger partial charge in [0.25, 0.3) is 0 Å². The molecule has 1 saturated carbocycles. The minimum atomic E-state index is -0.142. The first-order valence-corrected chi connectivity index (χ1v) is 12.2. The Kier molecular flexibility index (Phi) is 7.58. The van der Waals surface area contributed by atoms with Crippen LogP contribution in [0.2, 0.25) is 0 Å². The highest BCUT2D eigenvalue weighted by Gasteiger charge is 2.20. The monoisotopic (exact) mass is 426 g/mol. The van der Waals surface area contributed by atoms with Crippen LogP contribution in [-0.4, -0.2) is 0 Å². The zero-order chi connectivity index (χ0) is 22.3. The molecule has 0 atom stereocenters. The van der Waals surface area contributed by atoms with E-state index in [-0.39, 0.29) is 5.82 Å². The molecular weight excluding hydrogens is 391 g/mol. The van der Waals surface area contributed by atoms with Crippen LogP contribution >= 0.6 is 0 Å². The average Bonchev–Trinajstić information content (AvgIpc) is 2.84. The van der Waals surface area contributed by atoms with Crippen LogP contribution in [0.15, 0.2) is 73.3 Å². The third-order valence-corrected chi connectivity index (χ3v) is 7.26. The second kappa shape index (κ2) is 10.8. The predicted octanol–water partition coefficient (Wildman–Crippen LogP) is 9.38. The van der Waals surface area contributed by atoms with Crippen molar-refractivity contribution in [2.24, 2.45) is 11.8 Å². The first-order valence-electron chi connectivity index (χ1n) is 12.2. The van der Waals surface area contributed by atoms with E-state index in [1.165, 1.54) is 50.5 Å². The summed E-state index contributed by atoms with van der Waals surface area (Å²) in [6.07, 6.45) is 16.8. The van der Waals surface area contributed by atoms with Crippen LogP contribution < -0.4 is 0 Å². The van der Waals surface area contributed by atoms with Gasteiger partial charge in [0.15, 0.2) is 0 Å². The van der Waals surface area contributed by atoms with Crippen LogP contribution in [0.25, 0.3) is 28.0 Å². The standard InChI is InChI=1S/C31H35F/c1-3-5-6-7-24-8-10-25(11-9-24)12-13-26-14-17-27(18-15-26)29-21-19-28-22-23(4-2)16-20-30(28)31(29)32/h3-5,14-22,24-25H,2,6-13H2,1H3/b5-3+. The SMILES string of the molecule is C=Cc1ccc2c(F)c(-c3ccc(CCC4CCC(CC/C=C/C)CC4)cc3)ccc2c1. The van der Waals surface area contributed by atoms with Crippen LogP contribution in [0.4, 0.5) is 4.39 Å². The first-order chi connectivity index (χ1) is 15.7. The van der Waals surface area contributed by atoms with Crippen LogP contribution in [0.5, 0.6) is 0 Å². The van der Waals surface area contributed by atoms with Crippen molar-refractivity contribution in [2.45, 2.75) is 58.3 Å². The molecule has 0 bridgehead atoms. The minimum Gasteiger partial charge on any atom is -0.206 e. The molecule has 0 aliphatic heterocycles. The largest absolute Gasteiger partial charge is 0.206 e. The summed E-state index contributed by atoms with van der Waals surface area (Å²) < 4.78 is 15.2. The Morgan fingerprint density at radius 3 is 2.31 bits per heavy atom. The summed E-state index contributed by atoms with van der Waals surface area (Å²) >= 11 is 0. The summed E-state index contributed by atoms with van der Waals surface area (Å²) in [5, 5.41) is 1.58. The van der Waals surface area contributed by atoms with E-state index in [0.717, 1.165) is 34.8 Å². The Hall–Kier alpha value is -2.67. The number of benzene rings is 3. The van der Waals surface area contributed by atoms with E-state index in [1.54, 1.807) is 6.08 Å². The van der Waals surface area contributed by atoms with Gasteiger partial charge in [0.1, 0.15) is 5.82 Å². The molecule has 4 rings (SSSR count). The molecular formula is C31H35F. The molecule has 0 radical (unpaired) electrons. The Balaban J connectivity index is 1.35. The van der Waals surface area contributed by atoms with Gasteiger partial charge in [-0.25, -0.2) is 4.39 Å². The molecule has 0 nitrogen and oxygen atoms in total. The molecule has 0 aromatic heterocycles. The van der Waals surface area contributed by atoms with Crippen LogP contribution in [-0.2, 0) is 6.42 Å². The summed E-state index contributed by atoms with van der Waals surface area (Å²) in [4.78, 5) is 0. The van der Waals surface area contributed by atoms with Crippen molar-refractivity contribution in [2.75, 3.05) is 0 Å². The van der Waals surface area contributed by atoms with E-state index in [1.807, 2.05) is 30.3 Å². The normalized spacial score (nSPS) is 18.9. The second-order valence-electron chi connectivity index (χ2n) is 9.38. The minimum absolute atomic E-state index is 0.142. The molecule has 32 heavy (non-hydrogen) atoms. The van der Waals surface area contributed by atoms with Gasteiger partial charge in [-0.15, -0.1) is 0 Å². The van der Waals surface area contributed by atoms with E-state index in [9.17, 15) is 0 Å². The second-order valence-corrected chi connectivity index (χ2v) is 9.38. The maximum absolute atomic E-state index is 15.2. The van der Waals surface area contributed by atoms with Gasteiger partial charge >= 0.3 is 0 Å². The molecule has 166 valence electrons. The van der Waals surface area contributed by atoms with Gasteiger partial charge in [0.05, 0.1) is 0 Å². The quantitative estimate of drug-likeness (QED) is 0.315. The van der Waals surface area contributed by atoms with Gasteiger partial charge in [0.2, 0.25) is 0 Å². The topological polar surface area (TPSA) is 0 Å². The van der Waals surface area contributed by atoms with Crippen LogP contribution in [0, 0.1) is 17.7 Å². The van der Waals surface area contributed by atoms with Gasteiger partial charge in [-0.1, -0.05) is 99.0 Å².